The SMILES string of the molecule is CCC1CCC(=O)N(CC(=O)Nc2cccc(N)c2)CC1. The summed E-state index contributed by atoms with van der Waals surface area (Å²) in [6, 6.07) is 7.04. The molecule has 114 valence electrons. The molecule has 0 saturated carbocycles. The molecule has 0 radical (unpaired) electrons. The summed E-state index contributed by atoms with van der Waals surface area (Å²) in [7, 11) is 0. The van der Waals surface area contributed by atoms with Gasteiger partial charge in [0.2, 0.25) is 11.8 Å². The zero-order valence-corrected chi connectivity index (χ0v) is 12.5. The van der Waals surface area contributed by atoms with E-state index in [1.54, 1.807) is 29.2 Å². The van der Waals surface area contributed by atoms with E-state index in [4.69, 9.17) is 5.73 Å². The summed E-state index contributed by atoms with van der Waals surface area (Å²) >= 11 is 0. The molecule has 0 aromatic heterocycles. The number of likely N-dealkylation sites (tertiary alicyclic amines) is 1. The molecule has 1 aliphatic heterocycles. The van der Waals surface area contributed by atoms with Crippen LogP contribution in [0.1, 0.15) is 32.6 Å². The number of nitrogens with one attached hydrogen (secondary N) is 1. The van der Waals surface area contributed by atoms with Crippen LogP contribution in [0.25, 0.3) is 0 Å². The highest BCUT2D eigenvalue weighted by molar-refractivity contribution is 5.94. The fourth-order valence-corrected chi connectivity index (χ4v) is 2.66. The number of nitrogens with two attached hydrogens (primary N) is 1. The molecule has 1 atom stereocenters. The molecule has 21 heavy (non-hydrogen) atoms. The third-order valence-corrected chi connectivity index (χ3v) is 4.01. The molecule has 0 aliphatic carbocycles. The molecule has 0 bridgehead atoms. The van der Waals surface area contributed by atoms with Crippen molar-refractivity contribution in [2.45, 2.75) is 32.6 Å². The first-order chi connectivity index (χ1) is 10.1. The Balaban J connectivity index is 1.91. The third-order valence-electron chi connectivity index (χ3n) is 4.01. The maximum Gasteiger partial charge on any atom is 0.243 e. The molecule has 2 rings (SSSR count). The Morgan fingerprint density at radius 2 is 2.24 bits per heavy atom. The molecule has 5 heteroatoms. The summed E-state index contributed by atoms with van der Waals surface area (Å²) in [4.78, 5) is 25.8. The second-order valence-electron chi connectivity index (χ2n) is 5.59. The van der Waals surface area contributed by atoms with Crippen LogP contribution in [0.5, 0.6) is 0 Å². The average molecular weight is 289 g/mol. The van der Waals surface area contributed by atoms with Crippen molar-refractivity contribution in [1.82, 2.24) is 4.90 Å². The first kappa shape index (κ1) is 15.4. The van der Waals surface area contributed by atoms with Crippen LogP contribution in [0.15, 0.2) is 24.3 Å². The van der Waals surface area contributed by atoms with Gasteiger partial charge in [-0.15, -0.1) is 0 Å². The van der Waals surface area contributed by atoms with E-state index < -0.39 is 0 Å². The van der Waals surface area contributed by atoms with E-state index in [1.165, 1.54) is 0 Å². The van der Waals surface area contributed by atoms with E-state index in [9.17, 15) is 9.59 Å². The van der Waals surface area contributed by atoms with Crippen molar-refractivity contribution >= 4 is 23.2 Å². The zero-order valence-electron chi connectivity index (χ0n) is 12.5. The Labute approximate surface area is 125 Å². The van der Waals surface area contributed by atoms with Crippen molar-refractivity contribution in [2.75, 3.05) is 24.1 Å². The number of amides is 2. The van der Waals surface area contributed by atoms with Crippen molar-refractivity contribution in [3.8, 4) is 0 Å². The summed E-state index contributed by atoms with van der Waals surface area (Å²) in [5.74, 6) is 0.494. The fourth-order valence-electron chi connectivity index (χ4n) is 2.66. The molecule has 1 fully saturated rings. The molecule has 0 spiro atoms. The minimum Gasteiger partial charge on any atom is -0.399 e. The first-order valence-electron chi connectivity index (χ1n) is 7.51. The fraction of sp³-hybridized carbons (Fsp3) is 0.500. The largest absolute Gasteiger partial charge is 0.399 e. The molecule has 1 saturated heterocycles. The van der Waals surface area contributed by atoms with Gasteiger partial charge in [0.15, 0.2) is 0 Å². The van der Waals surface area contributed by atoms with Gasteiger partial charge in [0.1, 0.15) is 0 Å². The Hall–Kier alpha value is -2.04. The number of carbonyl (C=O) groups is 2. The third kappa shape index (κ3) is 4.48. The van der Waals surface area contributed by atoms with Gasteiger partial charge in [0.25, 0.3) is 0 Å². The average Bonchev–Trinajstić information content (AvgIpc) is 2.62. The second-order valence-corrected chi connectivity index (χ2v) is 5.59. The summed E-state index contributed by atoms with van der Waals surface area (Å²) in [5.41, 5.74) is 6.94. The highest BCUT2D eigenvalue weighted by Crippen LogP contribution is 2.21. The number of rotatable bonds is 4. The molecular formula is C16H23N3O2. The summed E-state index contributed by atoms with van der Waals surface area (Å²) in [6.45, 7) is 2.93. The maximum atomic E-state index is 12.1. The lowest BCUT2D eigenvalue weighted by Gasteiger charge is -2.20. The Morgan fingerprint density at radius 1 is 1.43 bits per heavy atom. The molecule has 5 nitrogen and oxygen atoms in total. The Bertz CT molecular complexity index is 516. The molecule has 1 aromatic rings. The molecule has 1 unspecified atom stereocenters. The number of hydrogen-bond donors (Lipinski definition) is 2. The first-order valence-corrected chi connectivity index (χ1v) is 7.51. The molecule has 1 heterocycles. The van der Waals surface area contributed by atoms with Gasteiger partial charge in [-0.3, -0.25) is 9.59 Å². The van der Waals surface area contributed by atoms with Crippen LogP contribution in [-0.4, -0.2) is 29.8 Å². The van der Waals surface area contributed by atoms with Crippen molar-refractivity contribution in [2.24, 2.45) is 5.92 Å². The van der Waals surface area contributed by atoms with E-state index in [2.05, 4.69) is 12.2 Å². The van der Waals surface area contributed by atoms with Crippen LogP contribution in [-0.2, 0) is 9.59 Å². The minimum absolute atomic E-state index is 0.0775. The maximum absolute atomic E-state index is 12.1. The number of nitrogens with zero attached hydrogens (tertiary/aromatic N) is 1. The van der Waals surface area contributed by atoms with Gasteiger partial charge >= 0.3 is 0 Å². The normalized spacial score (nSPS) is 19.2. The van der Waals surface area contributed by atoms with E-state index in [-0.39, 0.29) is 18.4 Å². The lowest BCUT2D eigenvalue weighted by atomic mass is 9.98. The number of anilines is 2. The van der Waals surface area contributed by atoms with Gasteiger partial charge in [-0.05, 0) is 37.0 Å². The summed E-state index contributed by atoms with van der Waals surface area (Å²) in [5, 5.41) is 2.78. The number of nitrogen functional groups attached to an aromatic ring is 1. The number of benzene rings is 1. The second kappa shape index (κ2) is 7.11. The standard InChI is InChI=1S/C16H23N3O2/c1-2-12-6-7-16(21)19(9-8-12)11-15(20)18-14-5-3-4-13(17)10-14/h3-5,10,12H,2,6-9,11,17H2,1H3,(H,18,20). The van der Waals surface area contributed by atoms with Crippen LogP contribution in [0.2, 0.25) is 0 Å². The monoisotopic (exact) mass is 289 g/mol. The summed E-state index contributed by atoms with van der Waals surface area (Å²) < 4.78 is 0. The minimum atomic E-state index is -0.177. The lowest BCUT2D eigenvalue weighted by molar-refractivity contribution is -0.134. The van der Waals surface area contributed by atoms with Crippen molar-refractivity contribution in [3.05, 3.63) is 24.3 Å². The highest BCUT2D eigenvalue weighted by Gasteiger charge is 2.23. The van der Waals surface area contributed by atoms with Crippen molar-refractivity contribution in [3.63, 3.8) is 0 Å². The quantitative estimate of drug-likeness (QED) is 0.835. The van der Waals surface area contributed by atoms with Crippen LogP contribution >= 0.6 is 0 Å². The van der Waals surface area contributed by atoms with Crippen LogP contribution in [0.3, 0.4) is 0 Å². The van der Waals surface area contributed by atoms with Gasteiger partial charge in [-0.25, -0.2) is 0 Å². The molecular weight excluding hydrogens is 266 g/mol. The van der Waals surface area contributed by atoms with E-state index in [1.807, 2.05) is 0 Å². The molecule has 3 N–H and O–H groups in total. The van der Waals surface area contributed by atoms with Gasteiger partial charge in [0.05, 0.1) is 6.54 Å². The zero-order chi connectivity index (χ0) is 15.2. The number of hydrogen-bond acceptors (Lipinski definition) is 3. The van der Waals surface area contributed by atoms with E-state index >= 15 is 0 Å². The lowest BCUT2D eigenvalue weighted by Crippen LogP contribution is -2.37. The Kier molecular flexibility index (Phi) is 5.20. The van der Waals surface area contributed by atoms with E-state index in [0.717, 1.165) is 19.3 Å². The van der Waals surface area contributed by atoms with E-state index in [0.29, 0.717) is 30.3 Å². The number of carbonyl (C=O) groups excluding carboxylic acids is 2. The summed E-state index contributed by atoms with van der Waals surface area (Å²) in [6.07, 6.45) is 3.55. The molecule has 1 aliphatic rings. The highest BCUT2D eigenvalue weighted by atomic mass is 16.2. The van der Waals surface area contributed by atoms with Crippen LogP contribution in [0, 0.1) is 5.92 Å². The van der Waals surface area contributed by atoms with Gasteiger partial charge in [-0.1, -0.05) is 19.4 Å². The Morgan fingerprint density at radius 3 is 2.95 bits per heavy atom. The van der Waals surface area contributed by atoms with Crippen LogP contribution in [0.4, 0.5) is 11.4 Å². The predicted octanol–water partition coefficient (Wildman–Crippen LogP) is 2.25. The molecule has 2 amide bonds. The van der Waals surface area contributed by atoms with Crippen molar-refractivity contribution in [1.29, 1.82) is 0 Å². The topological polar surface area (TPSA) is 75.4 Å². The smallest absolute Gasteiger partial charge is 0.243 e. The molecule has 1 aromatic carbocycles. The predicted molar refractivity (Wildman–Crippen MR) is 83.7 cm³/mol. The van der Waals surface area contributed by atoms with Gasteiger partial charge in [0, 0.05) is 24.3 Å². The van der Waals surface area contributed by atoms with Gasteiger partial charge in [-0.2, -0.15) is 0 Å². The van der Waals surface area contributed by atoms with Gasteiger partial charge < -0.3 is 16.0 Å². The van der Waals surface area contributed by atoms with Crippen molar-refractivity contribution < 1.29 is 9.59 Å². The van der Waals surface area contributed by atoms with Crippen LogP contribution < -0.4 is 11.1 Å².